The van der Waals surface area contributed by atoms with E-state index in [1.807, 2.05) is 25.1 Å². The maximum atomic E-state index is 12.7. The second-order valence-electron chi connectivity index (χ2n) is 8.57. The van der Waals surface area contributed by atoms with Gasteiger partial charge >= 0.3 is 6.18 Å². The van der Waals surface area contributed by atoms with Crippen molar-refractivity contribution in [1.82, 2.24) is 4.98 Å². The molecule has 168 valence electrons. The molecule has 32 heavy (non-hydrogen) atoms. The van der Waals surface area contributed by atoms with E-state index in [4.69, 9.17) is 9.47 Å². The third-order valence-electron chi connectivity index (χ3n) is 6.46. The molecule has 2 fully saturated rings. The molecule has 2 aromatic carbocycles. The van der Waals surface area contributed by atoms with Gasteiger partial charge in [-0.1, -0.05) is 12.1 Å². The van der Waals surface area contributed by atoms with Crippen LogP contribution < -0.4 is 10.1 Å². The fourth-order valence-electron chi connectivity index (χ4n) is 4.25. The Hall–Kier alpha value is -3.00. The second kappa shape index (κ2) is 7.85. The van der Waals surface area contributed by atoms with Crippen LogP contribution >= 0.6 is 0 Å². The number of carbonyl (C=O) groups excluding carboxylic acids is 1. The zero-order valence-electron chi connectivity index (χ0n) is 17.4. The van der Waals surface area contributed by atoms with Crippen molar-refractivity contribution in [2.24, 2.45) is 5.92 Å². The predicted molar refractivity (Wildman–Crippen MR) is 114 cm³/mol. The molecule has 2 heterocycles. The van der Waals surface area contributed by atoms with E-state index in [0.717, 1.165) is 41.4 Å². The molecule has 1 saturated carbocycles. The van der Waals surface area contributed by atoms with Crippen LogP contribution in [-0.4, -0.2) is 29.7 Å². The van der Waals surface area contributed by atoms with Gasteiger partial charge in [0.1, 0.15) is 5.75 Å². The number of benzene rings is 2. The van der Waals surface area contributed by atoms with E-state index < -0.39 is 11.7 Å². The fraction of sp³-hybridized carbons (Fsp3) is 0.375. The van der Waals surface area contributed by atoms with Crippen molar-refractivity contribution in [3.63, 3.8) is 0 Å². The molecule has 1 saturated heterocycles. The lowest BCUT2D eigenvalue weighted by Crippen LogP contribution is -2.45. The molecule has 1 aromatic heterocycles. The minimum atomic E-state index is -4.32. The number of carbonyl (C=O) groups is 1. The largest absolute Gasteiger partial charge is 0.490 e. The van der Waals surface area contributed by atoms with E-state index in [9.17, 15) is 18.0 Å². The zero-order chi connectivity index (χ0) is 22.5. The fourth-order valence-corrected chi connectivity index (χ4v) is 4.25. The summed E-state index contributed by atoms with van der Waals surface area (Å²) < 4.78 is 49.6. The standard InChI is InChI=1S/C24H23F3N2O3/c1-13-20(12-31-13)23(30)29-22-11-28-21-7-6-17(10-19(21)22)32-18-8-15(9-18)14-2-4-16(5-3-14)24(25,26)27/h2-7,10-11,13,15,18,20,28H,8-9,12H2,1H3,(H,29,30)/t13-,15?,18?,20-/m0/s1. The molecule has 0 spiro atoms. The molecule has 0 bridgehead atoms. The van der Waals surface area contributed by atoms with Crippen molar-refractivity contribution in [2.75, 3.05) is 11.9 Å². The summed E-state index contributed by atoms with van der Waals surface area (Å²) in [6.07, 6.45) is -1.12. The Morgan fingerprint density at radius 1 is 1.16 bits per heavy atom. The van der Waals surface area contributed by atoms with Gasteiger partial charge < -0.3 is 19.8 Å². The van der Waals surface area contributed by atoms with E-state index >= 15 is 0 Å². The van der Waals surface area contributed by atoms with Gasteiger partial charge in [0.25, 0.3) is 0 Å². The smallest absolute Gasteiger partial charge is 0.416 e. The summed E-state index contributed by atoms with van der Waals surface area (Å²) in [7, 11) is 0. The van der Waals surface area contributed by atoms with Gasteiger partial charge in [0.2, 0.25) is 5.91 Å². The van der Waals surface area contributed by atoms with Gasteiger partial charge in [0.15, 0.2) is 0 Å². The topological polar surface area (TPSA) is 63.3 Å². The Morgan fingerprint density at radius 2 is 1.91 bits per heavy atom. The molecule has 1 amide bonds. The first-order chi connectivity index (χ1) is 15.3. The van der Waals surface area contributed by atoms with Gasteiger partial charge in [-0.15, -0.1) is 0 Å². The molecule has 2 atom stereocenters. The summed E-state index contributed by atoms with van der Waals surface area (Å²) in [5.41, 5.74) is 1.86. The highest BCUT2D eigenvalue weighted by Crippen LogP contribution is 2.41. The Balaban J connectivity index is 1.21. The van der Waals surface area contributed by atoms with Crippen molar-refractivity contribution in [1.29, 1.82) is 0 Å². The molecule has 8 heteroatoms. The minimum absolute atomic E-state index is 0.00435. The van der Waals surface area contributed by atoms with Crippen LogP contribution in [0.4, 0.5) is 18.9 Å². The number of halogens is 3. The van der Waals surface area contributed by atoms with Gasteiger partial charge in [0, 0.05) is 17.1 Å². The molecular weight excluding hydrogens is 421 g/mol. The first-order valence-corrected chi connectivity index (χ1v) is 10.7. The Kier molecular flexibility index (Phi) is 5.12. The van der Waals surface area contributed by atoms with E-state index in [-0.39, 0.29) is 30.0 Å². The predicted octanol–water partition coefficient (Wildman–Crippen LogP) is 5.49. The number of hydrogen-bond donors (Lipinski definition) is 2. The molecule has 1 aliphatic carbocycles. The van der Waals surface area contributed by atoms with Gasteiger partial charge in [-0.05, 0) is 61.6 Å². The average molecular weight is 444 g/mol. The maximum Gasteiger partial charge on any atom is 0.416 e. The molecule has 5 nitrogen and oxygen atoms in total. The van der Waals surface area contributed by atoms with Crippen LogP contribution in [0.25, 0.3) is 10.9 Å². The van der Waals surface area contributed by atoms with Gasteiger partial charge in [-0.2, -0.15) is 13.2 Å². The van der Waals surface area contributed by atoms with E-state index in [0.29, 0.717) is 18.0 Å². The number of amides is 1. The number of nitrogens with one attached hydrogen (secondary N) is 2. The summed E-state index contributed by atoms with van der Waals surface area (Å²) in [5, 5.41) is 3.83. The second-order valence-corrected chi connectivity index (χ2v) is 8.57. The zero-order valence-corrected chi connectivity index (χ0v) is 17.4. The normalized spacial score (nSPS) is 25.1. The Bertz CT molecular complexity index is 1130. The van der Waals surface area contributed by atoms with Crippen LogP contribution in [-0.2, 0) is 15.7 Å². The number of fused-ring (bicyclic) bond motifs is 1. The number of aromatic amines is 1. The third-order valence-corrected chi connectivity index (χ3v) is 6.46. The van der Waals surface area contributed by atoms with Crippen LogP contribution in [0.1, 0.15) is 36.8 Å². The van der Waals surface area contributed by atoms with Crippen LogP contribution in [0, 0.1) is 5.92 Å². The van der Waals surface area contributed by atoms with Crippen molar-refractivity contribution < 1.29 is 27.4 Å². The van der Waals surface area contributed by atoms with Crippen LogP contribution in [0.5, 0.6) is 5.75 Å². The van der Waals surface area contributed by atoms with Crippen molar-refractivity contribution >= 4 is 22.5 Å². The summed E-state index contributed by atoms with van der Waals surface area (Å²) >= 11 is 0. The Morgan fingerprint density at radius 3 is 2.53 bits per heavy atom. The van der Waals surface area contributed by atoms with Crippen molar-refractivity contribution in [3.8, 4) is 5.75 Å². The molecule has 0 unspecified atom stereocenters. The number of alkyl halides is 3. The lowest BCUT2D eigenvalue weighted by atomic mass is 9.77. The molecule has 0 radical (unpaired) electrons. The number of anilines is 1. The molecule has 3 aromatic rings. The molecule has 2 aliphatic rings. The highest BCUT2D eigenvalue weighted by molar-refractivity contribution is 6.03. The molecule has 2 N–H and O–H groups in total. The maximum absolute atomic E-state index is 12.7. The number of hydrogen-bond acceptors (Lipinski definition) is 3. The summed E-state index contributed by atoms with van der Waals surface area (Å²) in [5.74, 6) is 0.689. The highest BCUT2D eigenvalue weighted by atomic mass is 19.4. The summed E-state index contributed by atoms with van der Waals surface area (Å²) in [6, 6.07) is 11.1. The number of H-pyrrole nitrogens is 1. The van der Waals surface area contributed by atoms with Gasteiger partial charge in [-0.3, -0.25) is 4.79 Å². The SMILES string of the molecule is C[C@@H]1OC[C@@H]1C(=O)Nc1c[nH]c2ccc(OC3CC(c4ccc(C(F)(F)F)cc4)C3)cc12. The van der Waals surface area contributed by atoms with Crippen LogP contribution in [0.2, 0.25) is 0 Å². The van der Waals surface area contributed by atoms with Crippen molar-refractivity contribution in [3.05, 3.63) is 59.8 Å². The van der Waals surface area contributed by atoms with Crippen LogP contribution in [0.15, 0.2) is 48.7 Å². The monoisotopic (exact) mass is 444 g/mol. The number of rotatable bonds is 5. The quantitative estimate of drug-likeness (QED) is 0.547. The minimum Gasteiger partial charge on any atom is -0.490 e. The lowest BCUT2D eigenvalue weighted by Gasteiger charge is -2.36. The molecular formula is C24H23F3N2O3. The van der Waals surface area contributed by atoms with E-state index in [1.54, 1.807) is 18.3 Å². The first-order valence-electron chi connectivity index (χ1n) is 10.7. The lowest BCUT2D eigenvalue weighted by molar-refractivity contribution is -0.147. The molecule has 5 rings (SSSR count). The van der Waals surface area contributed by atoms with E-state index in [2.05, 4.69) is 10.3 Å². The summed E-state index contributed by atoms with van der Waals surface area (Å²) in [4.78, 5) is 15.6. The summed E-state index contributed by atoms with van der Waals surface area (Å²) in [6.45, 7) is 2.32. The van der Waals surface area contributed by atoms with Crippen molar-refractivity contribution in [2.45, 2.75) is 44.1 Å². The number of aromatic nitrogens is 1. The van der Waals surface area contributed by atoms with E-state index in [1.165, 1.54) is 0 Å². The molecule has 1 aliphatic heterocycles. The number of ether oxygens (including phenoxy) is 2. The van der Waals surface area contributed by atoms with Crippen LogP contribution in [0.3, 0.4) is 0 Å². The third kappa shape index (κ3) is 3.95. The highest BCUT2D eigenvalue weighted by Gasteiger charge is 2.35. The van der Waals surface area contributed by atoms with Gasteiger partial charge in [0.05, 0.1) is 36.0 Å². The Labute approximate surface area is 182 Å². The van der Waals surface area contributed by atoms with Gasteiger partial charge in [-0.25, -0.2) is 0 Å². The average Bonchev–Trinajstić information content (AvgIpc) is 3.10. The first kappa shape index (κ1) is 20.9.